The van der Waals surface area contributed by atoms with E-state index in [1.165, 1.54) is 0 Å². The first-order valence-corrected chi connectivity index (χ1v) is 6.60. The first-order chi connectivity index (χ1) is 8.67. The third kappa shape index (κ3) is 5.92. The first-order valence-electron chi connectivity index (χ1n) is 6.60. The molecule has 1 heterocycles. The van der Waals surface area contributed by atoms with Crippen molar-refractivity contribution in [2.24, 2.45) is 5.92 Å². The summed E-state index contributed by atoms with van der Waals surface area (Å²) in [6.45, 7) is 8.70. The Balaban J connectivity index is 2.42. The summed E-state index contributed by atoms with van der Waals surface area (Å²) in [5.41, 5.74) is -0.520. The fourth-order valence-electron chi connectivity index (χ4n) is 2.33. The van der Waals surface area contributed by atoms with E-state index in [1.807, 2.05) is 4.90 Å². The zero-order chi connectivity index (χ0) is 14.6. The third-order valence-corrected chi connectivity index (χ3v) is 2.96. The molecule has 0 aromatic rings. The molecule has 0 aliphatic carbocycles. The maximum Gasteiger partial charge on any atom is 0.407 e. The van der Waals surface area contributed by atoms with E-state index in [0.717, 1.165) is 13.0 Å². The number of carboxylic acid groups (broad SMARTS) is 1. The van der Waals surface area contributed by atoms with Gasteiger partial charge in [-0.3, -0.25) is 9.69 Å². The van der Waals surface area contributed by atoms with Crippen LogP contribution in [0.25, 0.3) is 0 Å². The van der Waals surface area contributed by atoms with Crippen molar-refractivity contribution in [3.8, 4) is 0 Å². The molecule has 0 aromatic heterocycles. The van der Waals surface area contributed by atoms with E-state index in [2.05, 4.69) is 12.2 Å². The minimum atomic E-state index is -0.837. The Bertz CT molecular complexity index is 338. The maximum atomic E-state index is 11.6. The van der Waals surface area contributed by atoms with Gasteiger partial charge in [0, 0.05) is 19.1 Å². The molecular formula is C13H24N2O4. The number of ether oxygens (including phenoxy) is 1. The Morgan fingerprint density at radius 3 is 2.58 bits per heavy atom. The van der Waals surface area contributed by atoms with Gasteiger partial charge in [-0.15, -0.1) is 0 Å². The van der Waals surface area contributed by atoms with Crippen LogP contribution >= 0.6 is 0 Å². The normalized spacial score (nSPS) is 24.2. The third-order valence-electron chi connectivity index (χ3n) is 2.96. The molecule has 2 N–H and O–H groups in total. The van der Waals surface area contributed by atoms with Crippen molar-refractivity contribution in [3.63, 3.8) is 0 Å². The Labute approximate surface area is 114 Å². The second-order valence-electron chi connectivity index (χ2n) is 6.20. The molecule has 6 nitrogen and oxygen atoms in total. The summed E-state index contributed by atoms with van der Waals surface area (Å²) in [5.74, 6) is -0.388. The monoisotopic (exact) mass is 272 g/mol. The number of alkyl carbamates (subject to hydrolysis) is 1. The maximum absolute atomic E-state index is 11.6. The Hall–Kier alpha value is -1.30. The quantitative estimate of drug-likeness (QED) is 0.806. The summed E-state index contributed by atoms with van der Waals surface area (Å²) < 4.78 is 5.16. The highest BCUT2D eigenvalue weighted by atomic mass is 16.6. The van der Waals surface area contributed by atoms with Gasteiger partial charge in [0.1, 0.15) is 5.60 Å². The lowest BCUT2D eigenvalue weighted by Crippen LogP contribution is -2.43. The highest BCUT2D eigenvalue weighted by Gasteiger charge is 2.31. The number of aliphatic carboxylic acids is 1. The van der Waals surface area contributed by atoms with E-state index in [9.17, 15) is 9.59 Å². The van der Waals surface area contributed by atoms with Gasteiger partial charge in [-0.2, -0.15) is 0 Å². The molecule has 0 saturated carbocycles. The Kier molecular flexibility index (Phi) is 5.17. The van der Waals surface area contributed by atoms with E-state index in [1.54, 1.807) is 20.8 Å². The molecule has 0 unspecified atom stereocenters. The predicted octanol–water partition coefficient (Wildman–Crippen LogP) is 1.31. The van der Waals surface area contributed by atoms with E-state index in [4.69, 9.17) is 9.84 Å². The number of carboxylic acids is 1. The number of nitrogens with one attached hydrogen (secondary N) is 1. The van der Waals surface area contributed by atoms with Crippen molar-refractivity contribution in [1.29, 1.82) is 0 Å². The molecule has 0 bridgehead atoms. The predicted molar refractivity (Wildman–Crippen MR) is 71.0 cm³/mol. The number of hydrogen-bond acceptors (Lipinski definition) is 4. The number of nitrogens with zero attached hydrogens (tertiary/aromatic N) is 1. The van der Waals surface area contributed by atoms with Gasteiger partial charge in [0.2, 0.25) is 0 Å². The van der Waals surface area contributed by atoms with Crippen LogP contribution in [0.2, 0.25) is 0 Å². The minimum Gasteiger partial charge on any atom is -0.480 e. The minimum absolute atomic E-state index is 0.0189. The van der Waals surface area contributed by atoms with Gasteiger partial charge in [-0.05, 0) is 33.1 Å². The van der Waals surface area contributed by atoms with E-state index in [0.29, 0.717) is 12.5 Å². The van der Waals surface area contributed by atoms with Gasteiger partial charge in [0.15, 0.2) is 0 Å². The SMILES string of the molecule is C[C@H]1C[C@H](CNC(=O)OC(C)(C)C)N(CC(=O)O)C1. The van der Waals surface area contributed by atoms with Crippen molar-refractivity contribution in [2.75, 3.05) is 19.6 Å². The van der Waals surface area contributed by atoms with Crippen LogP contribution in [0.5, 0.6) is 0 Å². The van der Waals surface area contributed by atoms with Crippen LogP contribution in [0.4, 0.5) is 4.79 Å². The molecule has 1 rings (SSSR count). The van der Waals surface area contributed by atoms with Gasteiger partial charge >= 0.3 is 12.1 Å². The summed E-state index contributed by atoms with van der Waals surface area (Å²) in [6.07, 6.45) is 0.436. The number of rotatable bonds is 4. The number of carbonyl (C=O) groups excluding carboxylic acids is 1. The fraction of sp³-hybridized carbons (Fsp3) is 0.846. The molecular weight excluding hydrogens is 248 g/mol. The summed E-state index contributed by atoms with van der Waals surface area (Å²) in [6, 6.07) is 0.0682. The van der Waals surface area contributed by atoms with Crippen LogP contribution in [-0.4, -0.2) is 53.3 Å². The molecule has 2 atom stereocenters. The number of amides is 1. The number of likely N-dealkylation sites (tertiary alicyclic amines) is 1. The zero-order valence-electron chi connectivity index (χ0n) is 12.1. The Morgan fingerprint density at radius 1 is 1.42 bits per heavy atom. The zero-order valence-corrected chi connectivity index (χ0v) is 12.1. The molecule has 6 heteroatoms. The Morgan fingerprint density at radius 2 is 2.05 bits per heavy atom. The second kappa shape index (κ2) is 6.23. The molecule has 1 aliphatic heterocycles. The standard InChI is InChI=1S/C13H24N2O4/c1-9-5-10(15(7-9)8-11(16)17)6-14-12(18)19-13(2,3)4/h9-10H,5-8H2,1-4H3,(H,14,18)(H,16,17)/t9-,10+/m0/s1. The van der Waals surface area contributed by atoms with Crippen LogP contribution in [0, 0.1) is 5.92 Å². The first kappa shape index (κ1) is 15.8. The lowest BCUT2D eigenvalue weighted by molar-refractivity contribution is -0.138. The fourth-order valence-corrected chi connectivity index (χ4v) is 2.33. The molecule has 1 aliphatic rings. The van der Waals surface area contributed by atoms with Crippen molar-refractivity contribution in [3.05, 3.63) is 0 Å². The van der Waals surface area contributed by atoms with Crippen molar-refractivity contribution < 1.29 is 19.4 Å². The van der Waals surface area contributed by atoms with Gasteiger partial charge in [0.05, 0.1) is 6.54 Å². The van der Waals surface area contributed by atoms with Crippen LogP contribution in [0.15, 0.2) is 0 Å². The number of hydrogen-bond donors (Lipinski definition) is 2. The van der Waals surface area contributed by atoms with E-state index < -0.39 is 17.7 Å². The van der Waals surface area contributed by atoms with Crippen LogP contribution in [-0.2, 0) is 9.53 Å². The summed E-state index contributed by atoms with van der Waals surface area (Å²) in [5, 5.41) is 11.6. The number of carbonyl (C=O) groups is 2. The largest absolute Gasteiger partial charge is 0.480 e. The topological polar surface area (TPSA) is 78.9 Å². The van der Waals surface area contributed by atoms with Gasteiger partial charge < -0.3 is 15.2 Å². The molecule has 1 amide bonds. The van der Waals surface area contributed by atoms with Crippen LogP contribution in [0.1, 0.15) is 34.1 Å². The van der Waals surface area contributed by atoms with Gasteiger partial charge in [0.25, 0.3) is 0 Å². The average Bonchev–Trinajstić information content (AvgIpc) is 2.52. The smallest absolute Gasteiger partial charge is 0.407 e. The molecule has 1 saturated heterocycles. The summed E-state index contributed by atoms with van der Waals surface area (Å²) in [7, 11) is 0. The summed E-state index contributed by atoms with van der Waals surface area (Å²) >= 11 is 0. The summed E-state index contributed by atoms with van der Waals surface area (Å²) in [4.78, 5) is 24.2. The second-order valence-corrected chi connectivity index (χ2v) is 6.20. The molecule has 0 spiro atoms. The molecule has 19 heavy (non-hydrogen) atoms. The lowest BCUT2D eigenvalue weighted by Gasteiger charge is -2.24. The molecule has 110 valence electrons. The van der Waals surface area contributed by atoms with Gasteiger partial charge in [-0.25, -0.2) is 4.79 Å². The van der Waals surface area contributed by atoms with Crippen molar-refractivity contribution in [1.82, 2.24) is 10.2 Å². The molecule has 1 fully saturated rings. The highest BCUT2D eigenvalue weighted by Crippen LogP contribution is 2.21. The van der Waals surface area contributed by atoms with E-state index >= 15 is 0 Å². The average molecular weight is 272 g/mol. The highest BCUT2D eigenvalue weighted by molar-refractivity contribution is 5.69. The molecule has 0 aromatic carbocycles. The van der Waals surface area contributed by atoms with Crippen molar-refractivity contribution >= 4 is 12.1 Å². The van der Waals surface area contributed by atoms with Crippen LogP contribution < -0.4 is 5.32 Å². The van der Waals surface area contributed by atoms with Gasteiger partial charge in [-0.1, -0.05) is 6.92 Å². The van der Waals surface area contributed by atoms with Crippen LogP contribution in [0.3, 0.4) is 0 Å². The van der Waals surface area contributed by atoms with E-state index in [-0.39, 0.29) is 12.6 Å². The lowest BCUT2D eigenvalue weighted by atomic mass is 10.1. The van der Waals surface area contributed by atoms with Crippen molar-refractivity contribution in [2.45, 2.75) is 45.8 Å². The molecule has 0 radical (unpaired) electrons.